The molecule has 0 radical (unpaired) electrons. The van der Waals surface area contributed by atoms with Gasteiger partial charge in [-0.2, -0.15) is 0 Å². The molecule has 0 aromatic rings. The highest BCUT2D eigenvalue weighted by atomic mass is 16.5. The van der Waals surface area contributed by atoms with Crippen LogP contribution in [-0.4, -0.2) is 38.8 Å². The largest absolute Gasteiger partial charge is 0.377 e. The molecule has 2 N–H and O–H groups in total. The number of hydrogen-bond donors (Lipinski definition) is 2. The SMILES string of the molecule is CNCC(C)C(=O)NC1COC1. The molecule has 70 valence electrons. The quantitative estimate of drug-likeness (QED) is 0.593. The van der Waals surface area contributed by atoms with Crippen LogP contribution < -0.4 is 10.6 Å². The Bertz CT molecular complexity index is 157. The molecule has 0 aliphatic carbocycles. The molecule has 0 bridgehead atoms. The van der Waals surface area contributed by atoms with Crippen molar-refractivity contribution >= 4 is 5.91 Å². The van der Waals surface area contributed by atoms with Crippen LogP contribution in [0, 0.1) is 5.92 Å². The normalized spacial score (nSPS) is 19.8. The zero-order chi connectivity index (χ0) is 8.97. The molecule has 0 spiro atoms. The maximum Gasteiger partial charge on any atom is 0.224 e. The van der Waals surface area contributed by atoms with Crippen LogP contribution in [0.4, 0.5) is 0 Å². The van der Waals surface area contributed by atoms with Gasteiger partial charge in [0.25, 0.3) is 0 Å². The first-order valence-electron chi connectivity index (χ1n) is 4.26. The average molecular weight is 172 g/mol. The highest BCUT2D eigenvalue weighted by Gasteiger charge is 2.22. The van der Waals surface area contributed by atoms with E-state index in [1.165, 1.54) is 0 Å². The lowest BCUT2D eigenvalue weighted by atomic mass is 10.1. The van der Waals surface area contributed by atoms with E-state index < -0.39 is 0 Å². The van der Waals surface area contributed by atoms with Gasteiger partial charge in [0.1, 0.15) is 0 Å². The molecule has 1 fully saturated rings. The monoisotopic (exact) mass is 172 g/mol. The number of rotatable bonds is 4. The minimum absolute atomic E-state index is 0.0376. The fourth-order valence-corrected chi connectivity index (χ4v) is 1.06. The van der Waals surface area contributed by atoms with Crippen LogP contribution in [0.25, 0.3) is 0 Å². The van der Waals surface area contributed by atoms with E-state index in [-0.39, 0.29) is 17.9 Å². The first kappa shape index (κ1) is 9.48. The first-order valence-corrected chi connectivity index (χ1v) is 4.26. The molecule has 1 aliphatic heterocycles. The van der Waals surface area contributed by atoms with E-state index in [4.69, 9.17) is 4.74 Å². The molecule has 1 aliphatic rings. The molecule has 0 aromatic carbocycles. The van der Waals surface area contributed by atoms with Crippen molar-refractivity contribution in [2.45, 2.75) is 13.0 Å². The molecule has 1 rings (SSSR count). The fraction of sp³-hybridized carbons (Fsp3) is 0.875. The van der Waals surface area contributed by atoms with Gasteiger partial charge >= 0.3 is 0 Å². The summed E-state index contributed by atoms with van der Waals surface area (Å²) >= 11 is 0. The number of carbonyl (C=O) groups excluding carboxylic acids is 1. The Morgan fingerprint density at radius 1 is 1.67 bits per heavy atom. The zero-order valence-electron chi connectivity index (χ0n) is 7.59. The average Bonchev–Trinajstić information content (AvgIpc) is 1.97. The minimum atomic E-state index is 0.0376. The number of nitrogens with one attached hydrogen (secondary N) is 2. The van der Waals surface area contributed by atoms with Gasteiger partial charge in [-0.3, -0.25) is 4.79 Å². The second-order valence-electron chi connectivity index (χ2n) is 3.20. The highest BCUT2D eigenvalue weighted by molar-refractivity contribution is 5.78. The van der Waals surface area contributed by atoms with E-state index in [0.717, 1.165) is 6.54 Å². The molecular weight excluding hydrogens is 156 g/mol. The van der Waals surface area contributed by atoms with Crippen molar-refractivity contribution in [1.82, 2.24) is 10.6 Å². The highest BCUT2D eigenvalue weighted by Crippen LogP contribution is 2.01. The van der Waals surface area contributed by atoms with Crippen molar-refractivity contribution in [3.63, 3.8) is 0 Å². The Morgan fingerprint density at radius 3 is 2.75 bits per heavy atom. The van der Waals surface area contributed by atoms with Crippen LogP contribution in [0.3, 0.4) is 0 Å². The van der Waals surface area contributed by atoms with Gasteiger partial charge in [0, 0.05) is 12.5 Å². The molecule has 0 aromatic heterocycles. The first-order chi connectivity index (χ1) is 5.74. The maximum atomic E-state index is 11.3. The van der Waals surface area contributed by atoms with Gasteiger partial charge in [-0.05, 0) is 7.05 Å². The standard InChI is InChI=1S/C8H16N2O2/c1-6(3-9-2)8(11)10-7-4-12-5-7/h6-7,9H,3-5H2,1-2H3,(H,10,11). The molecule has 1 heterocycles. The summed E-state index contributed by atoms with van der Waals surface area (Å²) in [5, 5.41) is 5.86. The second-order valence-corrected chi connectivity index (χ2v) is 3.20. The third-order valence-corrected chi connectivity index (χ3v) is 1.94. The van der Waals surface area contributed by atoms with Crippen molar-refractivity contribution in [3.8, 4) is 0 Å². The van der Waals surface area contributed by atoms with Gasteiger partial charge in [0.2, 0.25) is 5.91 Å². The lowest BCUT2D eigenvalue weighted by Gasteiger charge is -2.28. The summed E-state index contributed by atoms with van der Waals surface area (Å²) in [4.78, 5) is 11.3. The summed E-state index contributed by atoms with van der Waals surface area (Å²) in [5.74, 6) is 0.147. The zero-order valence-corrected chi connectivity index (χ0v) is 7.59. The van der Waals surface area contributed by atoms with Gasteiger partial charge in [-0.25, -0.2) is 0 Å². The number of hydrogen-bond acceptors (Lipinski definition) is 3. The van der Waals surface area contributed by atoms with Gasteiger partial charge in [-0.1, -0.05) is 6.92 Å². The predicted octanol–water partition coefficient (Wildman–Crippen LogP) is -0.643. The Morgan fingerprint density at radius 2 is 2.33 bits per heavy atom. The Hall–Kier alpha value is -0.610. The lowest BCUT2D eigenvalue weighted by molar-refractivity contribution is -0.128. The Labute approximate surface area is 72.7 Å². The smallest absolute Gasteiger partial charge is 0.224 e. The summed E-state index contributed by atoms with van der Waals surface area (Å²) in [6.45, 7) is 3.96. The van der Waals surface area contributed by atoms with E-state index in [1.807, 2.05) is 14.0 Å². The van der Waals surface area contributed by atoms with E-state index in [2.05, 4.69) is 10.6 Å². The molecule has 0 saturated carbocycles. The van der Waals surface area contributed by atoms with Crippen molar-refractivity contribution in [2.24, 2.45) is 5.92 Å². The minimum Gasteiger partial charge on any atom is -0.377 e. The molecule has 4 nitrogen and oxygen atoms in total. The molecule has 4 heteroatoms. The van der Waals surface area contributed by atoms with Crippen LogP contribution >= 0.6 is 0 Å². The third kappa shape index (κ3) is 2.46. The molecular formula is C8H16N2O2. The van der Waals surface area contributed by atoms with E-state index in [0.29, 0.717) is 13.2 Å². The van der Waals surface area contributed by atoms with Crippen LogP contribution in [0.1, 0.15) is 6.92 Å². The van der Waals surface area contributed by atoms with Crippen molar-refractivity contribution in [3.05, 3.63) is 0 Å². The van der Waals surface area contributed by atoms with Crippen molar-refractivity contribution in [1.29, 1.82) is 0 Å². The van der Waals surface area contributed by atoms with E-state index >= 15 is 0 Å². The van der Waals surface area contributed by atoms with Crippen molar-refractivity contribution in [2.75, 3.05) is 26.8 Å². The summed E-state index contributed by atoms with van der Waals surface area (Å²) in [7, 11) is 1.84. The van der Waals surface area contributed by atoms with Gasteiger partial charge in [0.05, 0.1) is 19.3 Å². The maximum absolute atomic E-state index is 11.3. The fourth-order valence-electron chi connectivity index (χ4n) is 1.06. The predicted molar refractivity (Wildman–Crippen MR) is 45.8 cm³/mol. The summed E-state index contributed by atoms with van der Waals surface area (Å²) in [6.07, 6.45) is 0. The third-order valence-electron chi connectivity index (χ3n) is 1.94. The van der Waals surface area contributed by atoms with Crippen LogP contribution in [0.15, 0.2) is 0 Å². The van der Waals surface area contributed by atoms with Crippen LogP contribution in [0.5, 0.6) is 0 Å². The lowest BCUT2D eigenvalue weighted by Crippen LogP contribution is -2.50. The van der Waals surface area contributed by atoms with Gasteiger partial charge < -0.3 is 15.4 Å². The molecule has 1 atom stereocenters. The van der Waals surface area contributed by atoms with Gasteiger partial charge in [0.15, 0.2) is 0 Å². The summed E-state index contributed by atoms with van der Waals surface area (Å²) in [6, 6.07) is 0.247. The number of amides is 1. The van der Waals surface area contributed by atoms with Crippen LogP contribution in [0.2, 0.25) is 0 Å². The van der Waals surface area contributed by atoms with Gasteiger partial charge in [-0.15, -0.1) is 0 Å². The number of carbonyl (C=O) groups is 1. The number of ether oxygens (including phenoxy) is 1. The van der Waals surface area contributed by atoms with Crippen molar-refractivity contribution < 1.29 is 9.53 Å². The molecule has 1 saturated heterocycles. The Kier molecular flexibility index (Phi) is 3.49. The molecule has 1 amide bonds. The van der Waals surface area contributed by atoms with E-state index in [9.17, 15) is 4.79 Å². The van der Waals surface area contributed by atoms with Crippen LogP contribution in [-0.2, 0) is 9.53 Å². The second kappa shape index (κ2) is 4.42. The van der Waals surface area contributed by atoms with E-state index in [1.54, 1.807) is 0 Å². The summed E-state index contributed by atoms with van der Waals surface area (Å²) in [5.41, 5.74) is 0. The summed E-state index contributed by atoms with van der Waals surface area (Å²) < 4.78 is 4.95. The topological polar surface area (TPSA) is 50.4 Å². The molecule has 1 unspecified atom stereocenters. The molecule has 12 heavy (non-hydrogen) atoms. The Balaban J connectivity index is 2.16.